The summed E-state index contributed by atoms with van der Waals surface area (Å²) in [6.07, 6.45) is 8.09. The summed E-state index contributed by atoms with van der Waals surface area (Å²) in [6, 6.07) is 18.6. The van der Waals surface area contributed by atoms with Crippen molar-refractivity contribution in [3.05, 3.63) is 95.5 Å². The highest BCUT2D eigenvalue weighted by molar-refractivity contribution is 5.96. The van der Waals surface area contributed by atoms with E-state index in [0.717, 1.165) is 41.5 Å². The van der Waals surface area contributed by atoms with Crippen molar-refractivity contribution >= 4 is 16.8 Å². The van der Waals surface area contributed by atoms with Crippen molar-refractivity contribution in [2.24, 2.45) is 5.73 Å². The van der Waals surface area contributed by atoms with E-state index in [-0.39, 0.29) is 11.8 Å². The normalized spacial score (nSPS) is 16.4. The molecule has 2 heterocycles. The van der Waals surface area contributed by atoms with E-state index in [2.05, 4.69) is 58.6 Å². The first-order valence-corrected chi connectivity index (χ1v) is 9.70. The molecule has 0 radical (unpaired) electrons. The highest BCUT2D eigenvalue weighted by atomic mass is 16.1. The molecule has 142 valence electrons. The number of hydrogen-bond donors (Lipinski definition) is 2. The van der Waals surface area contributed by atoms with Gasteiger partial charge in [0.1, 0.15) is 0 Å². The van der Waals surface area contributed by atoms with Crippen LogP contribution in [0.3, 0.4) is 0 Å². The van der Waals surface area contributed by atoms with Gasteiger partial charge in [-0.1, -0.05) is 54.6 Å². The third-order valence-corrected chi connectivity index (χ3v) is 5.37. The number of nitrogens with two attached hydrogens (primary N) is 1. The molecule has 0 bridgehead atoms. The fraction of sp³-hybridized carbons (Fsp3) is 0.208. The monoisotopic (exact) mass is 371 g/mol. The Labute approximate surface area is 165 Å². The van der Waals surface area contributed by atoms with Gasteiger partial charge in [0.2, 0.25) is 5.91 Å². The van der Waals surface area contributed by atoms with Crippen LogP contribution < -0.4 is 5.73 Å². The Kier molecular flexibility index (Phi) is 5.02. The molecule has 3 N–H and O–H groups in total. The number of carbonyl (C=O) groups is 1. The lowest BCUT2D eigenvalue weighted by atomic mass is 9.87. The first-order valence-electron chi connectivity index (χ1n) is 9.70. The van der Waals surface area contributed by atoms with Crippen molar-refractivity contribution in [2.45, 2.75) is 25.7 Å². The zero-order chi connectivity index (χ0) is 19.5. The largest absolute Gasteiger partial charge is 0.366 e. The van der Waals surface area contributed by atoms with Crippen LogP contribution in [0.5, 0.6) is 0 Å². The minimum atomic E-state index is -0.368. The number of primary amides is 1. The van der Waals surface area contributed by atoms with E-state index in [4.69, 9.17) is 5.73 Å². The van der Waals surface area contributed by atoms with Gasteiger partial charge in [0.25, 0.3) is 0 Å². The standard InChI is InChI=1S/C24H25N3O/c1-17-23(20-11-5-6-12-22(20)26-17)19-13-15-27(16-21(19)24(25)28)14-7-10-18-8-3-2-4-9-18/h2-6,8-9,11-13,15-16,19,26H,7,10,14H2,1H3,(H2,25,28). The summed E-state index contributed by atoms with van der Waals surface area (Å²) in [6.45, 7) is 2.90. The van der Waals surface area contributed by atoms with E-state index in [1.54, 1.807) is 0 Å². The van der Waals surface area contributed by atoms with Gasteiger partial charge in [-0.3, -0.25) is 4.79 Å². The van der Waals surface area contributed by atoms with E-state index in [0.29, 0.717) is 5.57 Å². The molecule has 1 aliphatic heterocycles. The summed E-state index contributed by atoms with van der Waals surface area (Å²) < 4.78 is 0. The SMILES string of the molecule is Cc1[nH]c2ccccc2c1C1C=CN(CCCc2ccccc2)C=C1C(N)=O. The van der Waals surface area contributed by atoms with Crippen LogP contribution in [0.15, 0.2) is 78.6 Å². The Balaban J connectivity index is 1.54. The lowest BCUT2D eigenvalue weighted by molar-refractivity contribution is -0.114. The van der Waals surface area contributed by atoms with E-state index in [9.17, 15) is 4.79 Å². The van der Waals surface area contributed by atoms with Crippen molar-refractivity contribution in [3.63, 3.8) is 0 Å². The third kappa shape index (κ3) is 3.58. The molecule has 0 aliphatic carbocycles. The number of fused-ring (bicyclic) bond motifs is 1. The molecule has 4 nitrogen and oxygen atoms in total. The Bertz CT molecular complexity index is 1050. The number of rotatable bonds is 6. The minimum Gasteiger partial charge on any atom is -0.366 e. The molecular formula is C24H25N3O. The zero-order valence-corrected chi connectivity index (χ0v) is 16.1. The number of aryl methyl sites for hydroxylation is 2. The number of amides is 1. The fourth-order valence-corrected chi connectivity index (χ4v) is 4.02. The maximum Gasteiger partial charge on any atom is 0.247 e. The summed E-state index contributed by atoms with van der Waals surface area (Å²) in [4.78, 5) is 17.7. The maximum atomic E-state index is 12.2. The predicted octanol–water partition coefficient (Wildman–Crippen LogP) is 4.39. The van der Waals surface area contributed by atoms with E-state index in [1.165, 1.54) is 5.56 Å². The second kappa shape index (κ2) is 7.77. The number of aromatic nitrogens is 1. The fourth-order valence-electron chi connectivity index (χ4n) is 4.02. The van der Waals surface area contributed by atoms with Crippen LogP contribution in [0.25, 0.3) is 10.9 Å². The second-order valence-corrected chi connectivity index (χ2v) is 7.30. The van der Waals surface area contributed by atoms with Gasteiger partial charge in [-0.2, -0.15) is 0 Å². The number of para-hydroxylation sites is 1. The number of nitrogens with one attached hydrogen (secondary N) is 1. The Hall–Kier alpha value is -3.27. The van der Waals surface area contributed by atoms with Crippen LogP contribution in [0, 0.1) is 6.92 Å². The van der Waals surface area contributed by atoms with E-state index in [1.807, 2.05) is 31.3 Å². The molecule has 0 saturated carbocycles. The second-order valence-electron chi connectivity index (χ2n) is 7.30. The maximum absolute atomic E-state index is 12.2. The molecular weight excluding hydrogens is 346 g/mol. The molecule has 1 atom stereocenters. The van der Waals surface area contributed by atoms with Crippen molar-refractivity contribution in [1.82, 2.24) is 9.88 Å². The van der Waals surface area contributed by atoms with Gasteiger partial charge in [-0.15, -0.1) is 0 Å². The molecule has 3 aromatic rings. The van der Waals surface area contributed by atoms with Gasteiger partial charge in [-0.25, -0.2) is 0 Å². The lowest BCUT2D eigenvalue weighted by Crippen LogP contribution is -2.26. The Morgan fingerprint density at radius 2 is 1.86 bits per heavy atom. The van der Waals surface area contributed by atoms with E-state index < -0.39 is 0 Å². The molecule has 0 spiro atoms. The lowest BCUT2D eigenvalue weighted by Gasteiger charge is -2.26. The number of benzene rings is 2. The van der Waals surface area contributed by atoms with Crippen LogP contribution in [0.4, 0.5) is 0 Å². The molecule has 2 aromatic carbocycles. The number of hydrogen-bond acceptors (Lipinski definition) is 2. The smallest absolute Gasteiger partial charge is 0.247 e. The molecule has 1 aliphatic rings. The summed E-state index contributed by atoms with van der Waals surface area (Å²) in [5, 5.41) is 1.14. The number of nitrogens with zero attached hydrogens (tertiary/aromatic N) is 1. The first kappa shape index (κ1) is 18.1. The third-order valence-electron chi connectivity index (χ3n) is 5.37. The average Bonchev–Trinajstić information content (AvgIpc) is 3.04. The highest BCUT2D eigenvalue weighted by Gasteiger charge is 2.26. The van der Waals surface area contributed by atoms with Gasteiger partial charge in [0, 0.05) is 47.0 Å². The van der Waals surface area contributed by atoms with Crippen LogP contribution in [-0.4, -0.2) is 22.3 Å². The molecule has 1 aromatic heterocycles. The van der Waals surface area contributed by atoms with Crippen molar-refractivity contribution in [2.75, 3.05) is 6.54 Å². The van der Waals surface area contributed by atoms with Gasteiger partial charge >= 0.3 is 0 Å². The topological polar surface area (TPSA) is 62.1 Å². The molecule has 0 fully saturated rings. The summed E-state index contributed by atoms with van der Waals surface area (Å²) >= 11 is 0. The summed E-state index contributed by atoms with van der Waals surface area (Å²) in [7, 11) is 0. The molecule has 4 heteroatoms. The van der Waals surface area contributed by atoms with Crippen LogP contribution >= 0.6 is 0 Å². The summed E-state index contributed by atoms with van der Waals surface area (Å²) in [5.41, 5.74) is 11.0. The number of carbonyl (C=O) groups excluding carboxylic acids is 1. The molecule has 1 unspecified atom stereocenters. The van der Waals surface area contributed by atoms with Crippen molar-refractivity contribution < 1.29 is 4.79 Å². The van der Waals surface area contributed by atoms with Crippen molar-refractivity contribution in [3.8, 4) is 0 Å². The van der Waals surface area contributed by atoms with Crippen LogP contribution in [-0.2, 0) is 11.2 Å². The minimum absolute atomic E-state index is 0.126. The molecule has 4 rings (SSSR count). The zero-order valence-electron chi connectivity index (χ0n) is 16.1. The number of allylic oxidation sites excluding steroid dienone is 1. The molecule has 28 heavy (non-hydrogen) atoms. The van der Waals surface area contributed by atoms with Gasteiger partial charge in [0.15, 0.2) is 0 Å². The Morgan fingerprint density at radius 3 is 2.64 bits per heavy atom. The first-order chi connectivity index (χ1) is 13.6. The number of aromatic amines is 1. The van der Waals surface area contributed by atoms with Gasteiger partial charge in [-0.05, 0) is 37.0 Å². The van der Waals surface area contributed by atoms with E-state index >= 15 is 0 Å². The average molecular weight is 371 g/mol. The highest BCUT2D eigenvalue weighted by Crippen LogP contribution is 2.36. The van der Waals surface area contributed by atoms with Gasteiger partial charge in [0.05, 0.1) is 0 Å². The van der Waals surface area contributed by atoms with Crippen LogP contribution in [0.1, 0.15) is 29.2 Å². The number of H-pyrrole nitrogens is 1. The van der Waals surface area contributed by atoms with Crippen LogP contribution in [0.2, 0.25) is 0 Å². The van der Waals surface area contributed by atoms with Crippen molar-refractivity contribution in [1.29, 1.82) is 0 Å². The summed E-state index contributed by atoms with van der Waals surface area (Å²) in [5.74, 6) is -0.494. The predicted molar refractivity (Wildman–Crippen MR) is 114 cm³/mol. The van der Waals surface area contributed by atoms with Gasteiger partial charge < -0.3 is 15.6 Å². The quantitative estimate of drug-likeness (QED) is 0.675. The molecule has 1 amide bonds. The molecule has 0 saturated heterocycles. The Morgan fingerprint density at radius 1 is 1.11 bits per heavy atom.